The van der Waals surface area contributed by atoms with Crippen molar-refractivity contribution in [3.05, 3.63) is 47.8 Å². The largest absolute Gasteiger partial charge is 0.573 e. The van der Waals surface area contributed by atoms with Gasteiger partial charge in [0.25, 0.3) is 11.8 Å². The van der Waals surface area contributed by atoms with E-state index in [1.807, 2.05) is 0 Å². The van der Waals surface area contributed by atoms with Gasteiger partial charge in [-0.2, -0.15) is 10.4 Å². The molecule has 32 heavy (non-hydrogen) atoms. The number of aromatic nitrogens is 2. The molecule has 3 rings (SSSR count). The van der Waals surface area contributed by atoms with Crippen LogP contribution in [0.3, 0.4) is 0 Å². The topological polar surface area (TPSA) is 100 Å². The summed E-state index contributed by atoms with van der Waals surface area (Å²) in [4.78, 5) is 25.1. The van der Waals surface area contributed by atoms with Crippen molar-refractivity contribution in [2.24, 2.45) is 0 Å². The second-order valence-corrected chi connectivity index (χ2v) is 7.03. The third-order valence-electron chi connectivity index (χ3n) is 4.54. The van der Waals surface area contributed by atoms with Gasteiger partial charge in [0.1, 0.15) is 11.8 Å². The smallest absolute Gasteiger partial charge is 0.406 e. The van der Waals surface area contributed by atoms with Crippen LogP contribution < -0.4 is 10.1 Å². The molecule has 1 fully saturated rings. The van der Waals surface area contributed by atoms with Gasteiger partial charge in [0.05, 0.1) is 37.5 Å². The first-order chi connectivity index (χ1) is 15.0. The van der Waals surface area contributed by atoms with Gasteiger partial charge in [-0.05, 0) is 17.7 Å². The van der Waals surface area contributed by atoms with Gasteiger partial charge in [0.15, 0.2) is 0 Å². The van der Waals surface area contributed by atoms with Crippen LogP contribution in [0.2, 0.25) is 0 Å². The van der Waals surface area contributed by atoms with E-state index in [4.69, 9.17) is 5.26 Å². The number of likely N-dealkylation sites (tertiary alicyclic amines) is 1. The van der Waals surface area contributed by atoms with Crippen molar-refractivity contribution in [2.75, 3.05) is 13.1 Å². The Kier molecular flexibility index (Phi) is 6.33. The number of ether oxygens (including phenoxy) is 1. The normalized spacial score (nSPS) is 17.6. The molecule has 1 aliphatic rings. The molecule has 1 N–H and O–H groups in total. The maximum atomic E-state index is 13.4. The number of carbonyl (C=O) groups excluding carboxylic acids is 2. The minimum atomic E-state index is -4.79. The van der Waals surface area contributed by atoms with Gasteiger partial charge in [-0.1, -0.05) is 12.1 Å². The molecule has 2 amide bonds. The Hall–Kier alpha value is -3.69. The number of rotatable bonds is 6. The predicted molar refractivity (Wildman–Crippen MR) is 97.5 cm³/mol. The monoisotopic (exact) mass is 457 g/mol. The number of amides is 2. The van der Waals surface area contributed by atoms with Gasteiger partial charge in [-0.3, -0.25) is 14.3 Å². The lowest BCUT2D eigenvalue weighted by Crippen LogP contribution is -2.42. The zero-order valence-electron chi connectivity index (χ0n) is 16.3. The number of benzene rings is 1. The zero-order valence-corrected chi connectivity index (χ0v) is 16.3. The van der Waals surface area contributed by atoms with Crippen molar-refractivity contribution < 1.29 is 36.3 Å². The minimum absolute atomic E-state index is 0.0819. The molecular weight excluding hydrogens is 441 g/mol. The van der Waals surface area contributed by atoms with Crippen LogP contribution in [0.15, 0.2) is 36.7 Å². The molecule has 1 aromatic heterocycles. The molecule has 170 valence electrons. The van der Waals surface area contributed by atoms with Crippen molar-refractivity contribution in [3.8, 4) is 11.8 Å². The van der Waals surface area contributed by atoms with Crippen LogP contribution in [0, 0.1) is 11.3 Å². The number of carbonyl (C=O) groups is 2. The number of halogens is 5. The molecule has 13 heteroatoms. The maximum Gasteiger partial charge on any atom is 0.573 e. The van der Waals surface area contributed by atoms with E-state index in [-0.39, 0.29) is 17.9 Å². The summed E-state index contributed by atoms with van der Waals surface area (Å²) in [6.07, 6.45) is -2.98. The lowest BCUT2D eigenvalue weighted by molar-refractivity contribution is -0.274. The Balaban J connectivity index is 1.53. The molecule has 0 bridgehead atoms. The number of nitriles is 1. The molecule has 0 aliphatic carbocycles. The second-order valence-electron chi connectivity index (χ2n) is 7.03. The predicted octanol–water partition coefficient (Wildman–Crippen LogP) is 2.32. The number of hydrogen-bond donors (Lipinski definition) is 1. The SMILES string of the molecule is N#C[C@@H]1CC(F)(F)CN1C(=O)CNC(=O)c1cnn(Cc2ccc(OC(F)(F)F)cc2)c1. The van der Waals surface area contributed by atoms with Gasteiger partial charge >= 0.3 is 6.36 Å². The van der Waals surface area contributed by atoms with Gasteiger partial charge in [-0.25, -0.2) is 8.78 Å². The van der Waals surface area contributed by atoms with Crippen molar-refractivity contribution in [3.63, 3.8) is 0 Å². The van der Waals surface area contributed by atoms with Crippen LogP contribution in [0.4, 0.5) is 22.0 Å². The summed E-state index contributed by atoms with van der Waals surface area (Å²) in [5.74, 6) is -5.02. The lowest BCUT2D eigenvalue weighted by atomic mass is 10.2. The van der Waals surface area contributed by atoms with E-state index < -0.39 is 49.7 Å². The van der Waals surface area contributed by atoms with Crippen molar-refractivity contribution in [1.29, 1.82) is 5.26 Å². The third kappa shape index (κ3) is 5.93. The molecule has 0 spiro atoms. The Labute approximate surface area is 178 Å². The summed E-state index contributed by atoms with van der Waals surface area (Å²) in [6.45, 7) is -1.31. The standard InChI is InChI=1S/C19H16F5N5O3/c20-18(21)5-14(6-25)29(11-18)16(30)8-26-17(31)13-7-27-28(10-13)9-12-1-3-15(4-2-12)32-19(22,23)24/h1-4,7,10,14H,5,8-9,11H2,(H,26,31)/t14-/m0/s1. The summed E-state index contributed by atoms with van der Waals surface area (Å²) in [5, 5.41) is 15.2. The van der Waals surface area contributed by atoms with E-state index in [1.54, 1.807) is 6.07 Å². The van der Waals surface area contributed by atoms with Crippen molar-refractivity contribution in [1.82, 2.24) is 20.0 Å². The maximum absolute atomic E-state index is 13.4. The minimum Gasteiger partial charge on any atom is -0.406 e. The first-order valence-electron chi connectivity index (χ1n) is 9.18. The molecule has 2 aromatic rings. The summed E-state index contributed by atoms with van der Waals surface area (Å²) >= 11 is 0. The summed E-state index contributed by atoms with van der Waals surface area (Å²) < 4.78 is 68.6. The van der Waals surface area contributed by atoms with Crippen molar-refractivity contribution in [2.45, 2.75) is 31.3 Å². The Bertz CT molecular complexity index is 1030. The molecule has 0 radical (unpaired) electrons. The van der Waals surface area contributed by atoms with Crippen LogP contribution in [-0.4, -0.2) is 57.9 Å². The highest BCUT2D eigenvalue weighted by atomic mass is 19.4. The molecule has 1 atom stereocenters. The van der Waals surface area contributed by atoms with E-state index >= 15 is 0 Å². The van der Waals surface area contributed by atoms with Gasteiger partial charge in [0, 0.05) is 12.6 Å². The number of alkyl halides is 5. The number of nitrogens with zero attached hydrogens (tertiary/aromatic N) is 4. The lowest BCUT2D eigenvalue weighted by Gasteiger charge is -2.19. The van der Waals surface area contributed by atoms with Crippen LogP contribution >= 0.6 is 0 Å². The molecule has 8 nitrogen and oxygen atoms in total. The van der Waals surface area contributed by atoms with E-state index in [0.29, 0.717) is 5.56 Å². The second kappa shape index (κ2) is 8.81. The first-order valence-corrected chi connectivity index (χ1v) is 9.18. The van der Waals surface area contributed by atoms with Crippen LogP contribution in [0.25, 0.3) is 0 Å². The molecular formula is C19H16F5N5O3. The molecule has 2 heterocycles. The highest BCUT2D eigenvalue weighted by Crippen LogP contribution is 2.31. The quantitative estimate of drug-likeness (QED) is 0.672. The molecule has 1 aliphatic heterocycles. The molecule has 1 aromatic carbocycles. The van der Waals surface area contributed by atoms with Crippen LogP contribution in [0.5, 0.6) is 5.75 Å². The van der Waals surface area contributed by atoms with E-state index in [0.717, 1.165) is 17.0 Å². The van der Waals surface area contributed by atoms with Gasteiger partial charge in [-0.15, -0.1) is 13.2 Å². The molecule has 1 saturated heterocycles. The number of hydrogen-bond acceptors (Lipinski definition) is 5. The fourth-order valence-electron chi connectivity index (χ4n) is 3.10. The molecule has 0 unspecified atom stereocenters. The average molecular weight is 457 g/mol. The van der Waals surface area contributed by atoms with Crippen molar-refractivity contribution >= 4 is 11.8 Å². The summed E-state index contributed by atoms with van der Waals surface area (Å²) in [6, 6.07) is 5.47. The fourth-order valence-corrected chi connectivity index (χ4v) is 3.10. The van der Waals surface area contributed by atoms with E-state index in [9.17, 15) is 31.5 Å². The highest BCUT2D eigenvalue weighted by Gasteiger charge is 2.47. The molecule has 0 saturated carbocycles. The third-order valence-corrected chi connectivity index (χ3v) is 4.54. The van der Waals surface area contributed by atoms with Gasteiger partial charge < -0.3 is 15.0 Å². The van der Waals surface area contributed by atoms with Crippen LogP contribution in [0.1, 0.15) is 22.3 Å². The Morgan fingerprint density at radius 1 is 1.28 bits per heavy atom. The van der Waals surface area contributed by atoms with E-state index in [2.05, 4.69) is 15.2 Å². The highest BCUT2D eigenvalue weighted by molar-refractivity contribution is 5.96. The summed E-state index contributed by atoms with van der Waals surface area (Å²) in [5.41, 5.74) is 0.667. The van der Waals surface area contributed by atoms with Crippen LogP contribution in [-0.2, 0) is 11.3 Å². The van der Waals surface area contributed by atoms with E-state index in [1.165, 1.54) is 29.2 Å². The Morgan fingerprint density at radius 3 is 2.59 bits per heavy atom. The first kappa shape index (κ1) is 23.0. The fraction of sp³-hybridized carbons (Fsp3) is 0.368. The van der Waals surface area contributed by atoms with Gasteiger partial charge in [0.2, 0.25) is 5.91 Å². The number of nitrogens with one attached hydrogen (secondary N) is 1. The Morgan fingerprint density at radius 2 is 1.97 bits per heavy atom. The summed E-state index contributed by atoms with van der Waals surface area (Å²) in [7, 11) is 0. The zero-order chi connectivity index (χ0) is 23.5. The average Bonchev–Trinajstić information content (AvgIpc) is 3.30.